The molecule has 0 atom stereocenters. The van der Waals surface area contributed by atoms with Crippen molar-refractivity contribution in [2.24, 2.45) is 22.7 Å². The van der Waals surface area contributed by atoms with E-state index in [9.17, 15) is 4.79 Å². The fourth-order valence-electron chi connectivity index (χ4n) is 7.38. The molecule has 0 N–H and O–H groups in total. The summed E-state index contributed by atoms with van der Waals surface area (Å²) in [5.74, 6) is 2.10. The Morgan fingerprint density at radius 2 is 1.38 bits per heavy atom. The lowest BCUT2D eigenvalue weighted by Gasteiger charge is -2.54. The van der Waals surface area contributed by atoms with Gasteiger partial charge in [0.1, 0.15) is 0 Å². The Bertz CT molecular complexity index is 477. The normalized spacial score (nSPS) is 30.8. The zero-order valence-electron chi connectivity index (χ0n) is 19.6. The SMILES string of the molecule is CCCCCCOC(=O)C1([C@]2(CC)CC[C@H](C3CCCCC3)CC2)CCCCC1. The van der Waals surface area contributed by atoms with E-state index in [0.717, 1.165) is 37.5 Å². The summed E-state index contributed by atoms with van der Waals surface area (Å²) >= 11 is 0. The van der Waals surface area contributed by atoms with E-state index in [1.54, 1.807) is 0 Å². The van der Waals surface area contributed by atoms with Gasteiger partial charge in [-0.15, -0.1) is 0 Å². The van der Waals surface area contributed by atoms with E-state index in [0.29, 0.717) is 6.61 Å². The molecule has 0 aliphatic heterocycles. The molecule has 3 aliphatic rings. The quantitative estimate of drug-likeness (QED) is 0.286. The van der Waals surface area contributed by atoms with Gasteiger partial charge in [0.2, 0.25) is 0 Å². The van der Waals surface area contributed by atoms with Gasteiger partial charge in [0.05, 0.1) is 12.0 Å². The van der Waals surface area contributed by atoms with Crippen LogP contribution in [0.4, 0.5) is 0 Å². The van der Waals surface area contributed by atoms with Crippen LogP contribution in [0.15, 0.2) is 0 Å². The van der Waals surface area contributed by atoms with Gasteiger partial charge in [-0.1, -0.05) is 84.5 Å². The first-order valence-electron chi connectivity index (χ1n) is 13.3. The van der Waals surface area contributed by atoms with Gasteiger partial charge in [0.15, 0.2) is 0 Å². The lowest BCUT2D eigenvalue weighted by atomic mass is 9.49. The van der Waals surface area contributed by atoms with Crippen LogP contribution in [0, 0.1) is 22.7 Å². The van der Waals surface area contributed by atoms with E-state index in [4.69, 9.17) is 4.74 Å². The van der Waals surface area contributed by atoms with Crippen molar-refractivity contribution in [3.05, 3.63) is 0 Å². The summed E-state index contributed by atoms with van der Waals surface area (Å²) < 4.78 is 6.02. The predicted octanol–water partition coefficient (Wildman–Crippen LogP) is 8.23. The second-order valence-electron chi connectivity index (χ2n) is 10.7. The molecule has 168 valence electrons. The summed E-state index contributed by atoms with van der Waals surface area (Å²) in [6, 6.07) is 0. The number of esters is 1. The molecule has 0 aromatic carbocycles. The highest BCUT2D eigenvalue weighted by molar-refractivity contribution is 5.78. The average Bonchev–Trinajstić information content (AvgIpc) is 2.80. The van der Waals surface area contributed by atoms with Gasteiger partial charge in [-0.05, 0) is 68.6 Å². The van der Waals surface area contributed by atoms with Crippen LogP contribution in [0.2, 0.25) is 0 Å². The maximum Gasteiger partial charge on any atom is 0.312 e. The third-order valence-electron chi connectivity index (χ3n) is 9.32. The lowest BCUT2D eigenvalue weighted by Crippen LogP contribution is -2.51. The van der Waals surface area contributed by atoms with Crippen LogP contribution < -0.4 is 0 Å². The third kappa shape index (κ3) is 5.21. The van der Waals surface area contributed by atoms with Gasteiger partial charge in [-0.2, -0.15) is 0 Å². The van der Waals surface area contributed by atoms with Crippen molar-refractivity contribution in [2.45, 2.75) is 136 Å². The molecular formula is C27H48O2. The Morgan fingerprint density at radius 1 is 0.759 bits per heavy atom. The van der Waals surface area contributed by atoms with E-state index in [2.05, 4.69) is 13.8 Å². The zero-order chi connectivity index (χ0) is 20.6. The number of unbranched alkanes of at least 4 members (excludes halogenated alkanes) is 3. The van der Waals surface area contributed by atoms with E-state index >= 15 is 0 Å². The number of carbonyl (C=O) groups is 1. The third-order valence-corrected chi connectivity index (χ3v) is 9.32. The van der Waals surface area contributed by atoms with Gasteiger partial charge in [-0.25, -0.2) is 0 Å². The maximum atomic E-state index is 13.6. The number of hydrogen-bond acceptors (Lipinski definition) is 2. The topological polar surface area (TPSA) is 26.3 Å². The molecule has 0 aromatic heterocycles. The molecule has 2 heteroatoms. The van der Waals surface area contributed by atoms with Crippen LogP contribution in [0.5, 0.6) is 0 Å². The number of hydrogen-bond donors (Lipinski definition) is 0. The Balaban J connectivity index is 1.66. The fourth-order valence-corrected chi connectivity index (χ4v) is 7.38. The van der Waals surface area contributed by atoms with Crippen molar-refractivity contribution in [3.8, 4) is 0 Å². The Hall–Kier alpha value is -0.530. The van der Waals surface area contributed by atoms with Crippen molar-refractivity contribution in [1.29, 1.82) is 0 Å². The minimum atomic E-state index is -0.178. The summed E-state index contributed by atoms with van der Waals surface area (Å²) in [5, 5.41) is 0. The highest BCUT2D eigenvalue weighted by Crippen LogP contribution is 2.60. The molecule has 0 unspecified atom stereocenters. The van der Waals surface area contributed by atoms with Gasteiger partial charge in [-0.3, -0.25) is 4.79 Å². The van der Waals surface area contributed by atoms with Gasteiger partial charge < -0.3 is 4.74 Å². The summed E-state index contributed by atoms with van der Waals surface area (Å²) in [5.41, 5.74) is 0.0291. The van der Waals surface area contributed by atoms with Crippen LogP contribution in [0.25, 0.3) is 0 Å². The van der Waals surface area contributed by atoms with Crippen molar-refractivity contribution in [3.63, 3.8) is 0 Å². The Kier molecular flexibility index (Phi) is 8.93. The molecule has 0 heterocycles. The first-order chi connectivity index (χ1) is 14.2. The molecule has 0 radical (unpaired) electrons. The van der Waals surface area contributed by atoms with Gasteiger partial charge in [0, 0.05) is 0 Å². The average molecular weight is 405 g/mol. The van der Waals surface area contributed by atoms with E-state index < -0.39 is 0 Å². The lowest BCUT2D eigenvalue weighted by molar-refractivity contribution is -0.175. The number of ether oxygens (including phenoxy) is 1. The van der Waals surface area contributed by atoms with Gasteiger partial charge in [0.25, 0.3) is 0 Å². The second-order valence-corrected chi connectivity index (χ2v) is 10.7. The van der Waals surface area contributed by atoms with E-state index in [-0.39, 0.29) is 16.8 Å². The largest absolute Gasteiger partial charge is 0.465 e. The van der Waals surface area contributed by atoms with Gasteiger partial charge >= 0.3 is 5.97 Å². The summed E-state index contributed by atoms with van der Waals surface area (Å²) in [7, 11) is 0. The number of rotatable bonds is 9. The minimum Gasteiger partial charge on any atom is -0.465 e. The minimum absolute atomic E-state index is 0.178. The van der Waals surface area contributed by atoms with Crippen LogP contribution in [-0.4, -0.2) is 12.6 Å². The maximum absolute atomic E-state index is 13.6. The summed E-state index contributed by atoms with van der Waals surface area (Å²) in [6.07, 6.45) is 24.4. The second kappa shape index (κ2) is 11.2. The van der Waals surface area contributed by atoms with Crippen LogP contribution in [-0.2, 0) is 9.53 Å². The molecule has 3 saturated carbocycles. The van der Waals surface area contributed by atoms with Crippen LogP contribution in [0.3, 0.4) is 0 Å². The Labute approximate surface area is 180 Å². The van der Waals surface area contributed by atoms with Crippen molar-refractivity contribution in [1.82, 2.24) is 0 Å². The molecule has 29 heavy (non-hydrogen) atoms. The van der Waals surface area contributed by atoms with Crippen LogP contribution >= 0.6 is 0 Å². The zero-order valence-corrected chi connectivity index (χ0v) is 19.6. The molecule has 0 bridgehead atoms. The first-order valence-corrected chi connectivity index (χ1v) is 13.3. The molecule has 3 aliphatic carbocycles. The molecule has 0 spiro atoms. The summed E-state index contributed by atoms with van der Waals surface area (Å²) in [4.78, 5) is 13.6. The Morgan fingerprint density at radius 3 is 2.00 bits per heavy atom. The monoisotopic (exact) mass is 404 g/mol. The highest BCUT2D eigenvalue weighted by Gasteiger charge is 2.57. The fraction of sp³-hybridized carbons (Fsp3) is 0.963. The number of carbonyl (C=O) groups excluding carboxylic acids is 1. The van der Waals surface area contributed by atoms with Crippen LogP contribution in [0.1, 0.15) is 136 Å². The molecular weight excluding hydrogens is 356 g/mol. The molecule has 0 amide bonds. The van der Waals surface area contributed by atoms with E-state index in [1.807, 2.05) is 0 Å². The first kappa shape index (κ1) is 23.1. The molecule has 3 fully saturated rings. The van der Waals surface area contributed by atoms with Crippen molar-refractivity contribution in [2.75, 3.05) is 6.61 Å². The molecule has 3 rings (SSSR count). The highest BCUT2D eigenvalue weighted by atomic mass is 16.5. The van der Waals surface area contributed by atoms with E-state index in [1.165, 1.54) is 96.3 Å². The standard InChI is InChI=1S/C27H48O2/c1-3-5-6-13-22-29-25(28)27(18-11-8-12-19-27)26(4-2)20-16-24(17-21-26)23-14-9-7-10-15-23/h23-24H,3-22H2,1-2H3/t24-,26+. The van der Waals surface area contributed by atoms with Crippen molar-refractivity contribution < 1.29 is 9.53 Å². The van der Waals surface area contributed by atoms with Crippen molar-refractivity contribution >= 4 is 5.97 Å². The smallest absolute Gasteiger partial charge is 0.312 e. The molecule has 0 saturated heterocycles. The molecule has 2 nitrogen and oxygen atoms in total. The summed E-state index contributed by atoms with van der Waals surface area (Å²) in [6.45, 7) is 5.24. The predicted molar refractivity (Wildman–Crippen MR) is 122 cm³/mol. The molecule has 0 aromatic rings.